The lowest BCUT2D eigenvalue weighted by Crippen LogP contribution is -2.22. The molecule has 19 heavy (non-hydrogen) atoms. The standard InChI is InChI=1S/C16H21NO2/c1-2-19-15(18)14-10-16(14)8-9-17(12-16)11-13-6-4-3-5-7-13/h3-7,14H,2,8-12H2,1H3. The summed E-state index contributed by atoms with van der Waals surface area (Å²) in [5.41, 5.74) is 1.59. The lowest BCUT2D eigenvalue weighted by molar-refractivity contribution is -0.145. The fraction of sp³-hybridized carbons (Fsp3) is 0.562. The summed E-state index contributed by atoms with van der Waals surface area (Å²) in [6, 6.07) is 10.5. The highest BCUT2D eigenvalue weighted by molar-refractivity contribution is 5.77. The Morgan fingerprint density at radius 2 is 2.21 bits per heavy atom. The second kappa shape index (κ2) is 4.97. The van der Waals surface area contributed by atoms with E-state index in [0.29, 0.717) is 6.61 Å². The number of likely N-dealkylation sites (tertiary alicyclic amines) is 1. The van der Waals surface area contributed by atoms with Gasteiger partial charge in [0.15, 0.2) is 0 Å². The van der Waals surface area contributed by atoms with E-state index in [2.05, 4.69) is 29.2 Å². The maximum absolute atomic E-state index is 11.8. The molecule has 3 heteroatoms. The molecule has 3 rings (SSSR count). The first kappa shape index (κ1) is 12.7. The van der Waals surface area contributed by atoms with Crippen LogP contribution < -0.4 is 0 Å². The number of benzene rings is 1. The minimum Gasteiger partial charge on any atom is -0.466 e. The third kappa shape index (κ3) is 2.52. The molecule has 0 bridgehead atoms. The maximum Gasteiger partial charge on any atom is 0.309 e. The van der Waals surface area contributed by atoms with Gasteiger partial charge in [0.1, 0.15) is 0 Å². The second-order valence-electron chi connectivity index (χ2n) is 5.82. The van der Waals surface area contributed by atoms with E-state index in [-0.39, 0.29) is 17.3 Å². The molecule has 1 aliphatic carbocycles. The molecular weight excluding hydrogens is 238 g/mol. The molecule has 2 unspecified atom stereocenters. The summed E-state index contributed by atoms with van der Waals surface area (Å²) in [6.45, 7) is 5.52. The highest BCUT2D eigenvalue weighted by Crippen LogP contribution is 2.59. The van der Waals surface area contributed by atoms with Crippen molar-refractivity contribution in [2.45, 2.75) is 26.3 Å². The second-order valence-corrected chi connectivity index (χ2v) is 5.82. The molecule has 1 saturated carbocycles. The van der Waals surface area contributed by atoms with Gasteiger partial charge in [0.05, 0.1) is 12.5 Å². The first-order valence-electron chi connectivity index (χ1n) is 7.16. The summed E-state index contributed by atoms with van der Waals surface area (Å²) in [5.74, 6) is 0.178. The first-order valence-corrected chi connectivity index (χ1v) is 7.16. The van der Waals surface area contributed by atoms with Crippen molar-refractivity contribution < 1.29 is 9.53 Å². The van der Waals surface area contributed by atoms with Crippen LogP contribution in [0.2, 0.25) is 0 Å². The zero-order valence-corrected chi connectivity index (χ0v) is 11.5. The van der Waals surface area contributed by atoms with Gasteiger partial charge in [-0.25, -0.2) is 0 Å². The smallest absolute Gasteiger partial charge is 0.309 e. The van der Waals surface area contributed by atoms with Crippen LogP contribution in [-0.4, -0.2) is 30.6 Å². The number of carbonyl (C=O) groups is 1. The predicted octanol–water partition coefficient (Wildman–Crippen LogP) is 2.46. The molecule has 1 saturated heterocycles. The summed E-state index contributed by atoms with van der Waals surface area (Å²) < 4.78 is 5.15. The van der Waals surface area contributed by atoms with Gasteiger partial charge in [0.2, 0.25) is 0 Å². The van der Waals surface area contributed by atoms with Crippen LogP contribution in [-0.2, 0) is 16.1 Å². The Hall–Kier alpha value is -1.35. The van der Waals surface area contributed by atoms with Gasteiger partial charge in [-0.05, 0) is 37.3 Å². The van der Waals surface area contributed by atoms with Gasteiger partial charge < -0.3 is 4.74 Å². The van der Waals surface area contributed by atoms with Crippen molar-refractivity contribution in [2.75, 3.05) is 19.7 Å². The molecule has 102 valence electrons. The Morgan fingerprint density at radius 3 is 2.95 bits per heavy atom. The number of nitrogens with zero attached hydrogens (tertiary/aromatic N) is 1. The number of esters is 1. The van der Waals surface area contributed by atoms with Crippen LogP contribution in [0.4, 0.5) is 0 Å². The van der Waals surface area contributed by atoms with Crippen molar-refractivity contribution in [3.8, 4) is 0 Å². The van der Waals surface area contributed by atoms with Crippen LogP contribution in [0.15, 0.2) is 30.3 Å². The number of ether oxygens (including phenoxy) is 1. The van der Waals surface area contributed by atoms with Gasteiger partial charge in [-0.1, -0.05) is 30.3 Å². The number of hydrogen-bond acceptors (Lipinski definition) is 3. The largest absolute Gasteiger partial charge is 0.466 e. The lowest BCUT2D eigenvalue weighted by Gasteiger charge is -2.16. The molecule has 1 aromatic carbocycles. The maximum atomic E-state index is 11.8. The fourth-order valence-electron chi connectivity index (χ4n) is 3.34. The summed E-state index contributed by atoms with van der Waals surface area (Å²) in [7, 11) is 0. The van der Waals surface area contributed by atoms with Gasteiger partial charge in [0.25, 0.3) is 0 Å². The molecule has 0 radical (unpaired) electrons. The molecule has 0 amide bonds. The normalized spacial score (nSPS) is 29.6. The average molecular weight is 259 g/mol. The van der Waals surface area contributed by atoms with Crippen molar-refractivity contribution in [2.24, 2.45) is 11.3 Å². The van der Waals surface area contributed by atoms with E-state index in [1.807, 2.05) is 13.0 Å². The van der Waals surface area contributed by atoms with Gasteiger partial charge in [-0.2, -0.15) is 0 Å². The van der Waals surface area contributed by atoms with Crippen molar-refractivity contribution in [3.63, 3.8) is 0 Å². The number of rotatable bonds is 4. The van der Waals surface area contributed by atoms with Crippen molar-refractivity contribution in [3.05, 3.63) is 35.9 Å². The third-order valence-electron chi connectivity index (χ3n) is 4.47. The fourth-order valence-corrected chi connectivity index (χ4v) is 3.34. The minimum absolute atomic E-state index is 0.0176. The number of hydrogen-bond donors (Lipinski definition) is 0. The minimum atomic E-state index is 0.0176. The van der Waals surface area contributed by atoms with E-state index in [1.165, 1.54) is 5.56 Å². The molecule has 1 heterocycles. The van der Waals surface area contributed by atoms with E-state index in [9.17, 15) is 4.79 Å². The lowest BCUT2D eigenvalue weighted by atomic mass is 10.0. The monoisotopic (exact) mass is 259 g/mol. The zero-order chi connectivity index (χ0) is 13.3. The van der Waals surface area contributed by atoms with Gasteiger partial charge in [-0.15, -0.1) is 0 Å². The molecule has 1 aromatic rings. The van der Waals surface area contributed by atoms with Crippen LogP contribution in [0.5, 0.6) is 0 Å². The summed E-state index contributed by atoms with van der Waals surface area (Å²) in [6.07, 6.45) is 2.17. The van der Waals surface area contributed by atoms with Gasteiger partial charge in [-0.3, -0.25) is 9.69 Å². The van der Waals surface area contributed by atoms with Crippen molar-refractivity contribution in [1.82, 2.24) is 4.90 Å². The first-order chi connectivity index (χ1) is 9.23. The van der Waals surface area contributed by atoms with E-state index in [1.54, 1.807) is 0 Å². The van der Waals surface area contributed by atoms with Crippen LogP contribution >= 0.6 is 0 Å². The zero-order valence-electron chi connectivity index (χ0n) is 11.5. The third-order valence-corrected chi connectivity index (χ3v) is 4.47. The molecule has 1 spiro atoms. The van der Waals surface area contributed by atoms with Crippen molar-refractivity contribution >= 4 is 5.97 Å². The van der Waals surface area contributed by atoms with E-state index >= 15 is 0 Å². The summed E-state index contributed by atoms with van der Waals surface area (Å²) >= 11 is 0. The number of carbonyl (C=O) groups excluding carboxylic acids is 1. The van der Waals surface area contributed by atoms with Crippen molar-refractivity contribution in [1.29, 1.82) is 0 Å². The molecule has 2 atom stereocenters. The molecule has 2 aliphatic rings. The molecular formula is C16H21NO2. The Bertz CT molecular complexity index is 459. The summed E-state index contributed by atoms with van der Waals surface area (Å²) in [5, 5.41) is 0. The Labute approximate surface area is 114 Å². The van der Waals surface area contributed by atoms with Crippen LogP contribution in [0, 0.1) is 11.3 Å². The van der Waals surface area contributed by atoms with E-state index < -0.39 is 0 Å². The average Bonchev–Trinajstić information content (AvgIpc) is 2.97. The Kier molecular flexibility index (Phi) is 3.31. The van der Waals surface area contributed by atoms with Crippen LogP contribution in [0.25, 0.3) is 0 Å². The van der Waals surface area contributed by atoms with E-state index in [0.717, 1.165) is 32.5 Å². The SMILES string of the molecule is CCOC(=O)C1CC12CCN(Cc1ccccc1)C2. The predicted molar refractivity (Wildman–Crippen MR) is 73.5 cm³/mol. The van der Waals surface area contributed by atoms with Crippen LogP contribution in [0.1, 0.15) is 25.3 Å². The Morgan fingerprint density at radius 1 is 1.42 bits per heavy atom. The molecule has 0 aromatic heterocycles. The van der Waals surface area contributed by atoms with E-state index in [4.69, 9.17) is 4.74 Å². The molecule has 0 N–H and O–H groups in total. The summed E-state index contributed by atoms with van der Waals surface area (Å²) in [4.78, 5) is 14.3. The highest BCUT2D eigenvalue weighted by atomic mass is 16.5. The Balaban J connectivity index is 1.56. The quantitative estimate of drug-likeness (QED) is 0.778. The molecule has 2 fully saturated rings. The van der Waals surface area contributed by atoms with Gasteiger partial charge in [0, 0.05) is 13.1 Å². The highest BCUT2D eigenvalue weighted by Gasteiger charge is 2.61. The molecule has 3 nitrogen and oxygen atoms in total. The van der Waals surface area contributed by atoms with Gasteiger partial charge >= 0.3 is 5.97 Å². The molecule has 1 aliphatic heterocycles. The van der Waals surface area contributed by atoms with Crippen LogP contribution in [0.3, 0.4) is 0 Å². The topological polar surface area (TPSA) is 29.5 Å².